The van der Waals surface area contributed by atoms with Gasteiger partial charge >= 0.3 is 5.97 Å². The maximum Gasteiger partial charge on any atom is 0.330 e. The Morgan fingerprint density at radius 3 is 2.94 bits per heavy atom. The molecule has 2 bridgehead atoms. The van der Waals surface area contributed by atoms with Crippen LogP contribution in [-0.2, 0) is 26.2 Å². The first-order chi connectivity index (χ1) is 16.7. The first-order valence-corrected chi connectivity index (χ1v) is 11.6. The lowest BCUT2D eigenvalue weighted by Gasteiger charge is -2.64. The summed E-state index contributed by atoms with van der Waals surface area (Å²) in [7, 11) is 1.22. The van der Waals surface area contributed by atoms with Crippen LogP contribution >= 0.6 is 0 Å². The third-order valence-electron chi connectivity index (χ3n) is 8.21. The zero-order valence-corrected chi connectivity index (χ0v) is 18.5. The van der Waals surface area contributed by atoms with Crippen molar-refractivity contribution in [2.24, 2.45) is 5.92 Å². The Kier molecular flexibility index (Phi) is 4.11. The zero-order chi connectivity index (χ0) is 24.7. The van der Waals surface area contributed by atoms with Crippen LogP contribution < -0.4 is 10.1 Å². The number of carbonyl (C=O) groups is 2. The van der Waals surface area contributed by atoms with E-state index in [0.29, 0.717) is 37.3 Å². The number of likely N-dealkylation sites (tertiary alicyclic amines) is 1. The molecule has 1 amide bonds. The molecule has 3 N–H and O–H groups in total. The number of hydrogen-bond acceptors (Lipinski definition) is 7. The van der Waals surface area contributed by atoms with Crippen LogP contribution in [0.5, 0.6) is 11.5 Å². The lowest BCUT2D eigenvalue weighted by atomic mass is 9.48. The molecular formula is C25H30N2O6. The van der Waals surface area contributed by atoms with E-state index in [1.165, 1.54) is 7.11 Å². The molecule has 8 heteroatoms. The fraction of sp³-hybridized carbons (Fsp3) is 0.600. The van der Waals surface area contributed by atoms with Gasteiger partial charge in [-0.25, -0.2) is 4.79 Å². The van der Waals surface area contributed by atoms with Crippen LogP contribution in [0.25, 0.3) is 0 Å². The number of esters is 1. The average molecular weight is 459 g/mol. The largest absolute Gasteiger partial charge is 0.504 e. The molecule has 176 valence electrons. The summed E-state index contributed by atoms with van der Waals surface area (Å²) in [6.45, 7) is -0.182. The number of aromatic hydroxyl groups is 1. The first kappa shape index (κ1) is 18.8. The van der Waals surface area contributed by atoms with E-state index in [9.17, 15) is 21.2 Å². The van der Waals surface area contributed by atoms with Crippen molar-refractivity contribution in [3.63, 3.8) is 0 Å². The van der Waals surface area contributed by atoms with Gasteiger partial charge in [0.25, 0.3) is 0 Å². The minimum atomic E-state index is -1.34. The summed E-state index contributed by atoms with van der Waals surface area (Å²) < 4.78 is 29.3. The SMILES string of the molecule is [3H]C1C([3H])[C@]23c4c5ccc(O)c4O[C@H]2[C@H](NC(=O)/C=C/C(=O)OC)CC[C@@]3(O)[C@@H](C5)N1CC1CC1. The third-order valence-corrected chi connectivity index (χ3v) is 8.21. The molecule has 0 radical (unpaired) electrons. The van der Waals surface area contributed by atoms with Crippen molar-refractivity contribution < 1.29 is 32.0 Å². The van der Waals surface area contributed by atoms with Gasteiger partial charge in [0.2, 0.25) is 5.91 Å². The number of piperidine rings is 1. The molecule has 33 heavy (non-hydrogen) atoms. The van der Waals surface area contributed by atoms with Gasteiger partial charge in [0, 0.05) is 33.0 Å². The molecule has 1 aromatic rings. The summed E-state index contributed by atoms with van der Waals surface area (Å²) in [6.07, 6.45) is 3.68. The maximum absolute atomic E-state index is 12.6. The third kappa shape index (κ3) is 2.89. The predicted octanol–water partition coefficient (Wildman–Crippen LogP) is 1.17. The Hall–Kier alpha value is -2.58. The Morgan fingerprint density at radius 1 is 1.36 bits per heavy atom. The van der Waals surface area contributed by atoms with E-state index >= 15 is 0 Å². The van der Waals surface area contributed by atoms with E-state index < -0.39 is 48.0 Å². The number of nitrogens with zero attached hydrogens (tertiary/aromatic N) is 1. The number of nitrogens with one attached hydrogen (secondary N) is 1. The van der Waals surface area contributed by atoms with Gasteiger partial charge in [-0.2, -0.15) is 0 Å². The lowest BCUT2D eigenvalue weighted by Crippen LogP contribution is -2.78. The number of hydrogen-bond donors (Lipinski definition) is 3. The summed E-state index contributed by atoms with van der Waals surface area (Å²) in [4.78, 5) is 26.1. The van der Waals surface area contributed by atoms with E-state index in [1.54, 1.807) is 6.07 Å². The molecule has 2 heterocycles. The summed E-state index contributed by atoms with van der Waals surface area (Å²) in [6, 6.07) is 2.48. The fourth-order valence-corrected chi connectivity index (χ4v) is 6.54. The van der Waals surface area contributed by atoms with Crippen LogP contribution in [0.4, 0.5) is 0 Å². The molecule has 8 nitrogen and oxygen atoms in total. The van der Waals surface area contributed by atoms with Crippen molar-refractivity contribution in [2.75, 3.05) is 20.2 Å². The van der Waals surface area contributed by atoms with Crippen LogP contribution in [-0.4, -0.2) is 71.0 Å². The van der Waals surface area contributed by atoms with Gasteiger partial charge in [-0.3, -0.25) is 9.69 Å². The average Bonchev–Trinajstić information content (AvgIpc) is 3.58. The van der Waals surface area contributed by atoms with E-state index in [0.717, 1.165) is 30.6 Å². The monoisotopic (exact) mass is 458 g/mol. The molecule has 5 aliphatic rings. The smallest absolute Gasteiger partial charge is 0.330 e. The second-order valence-corrected chi connectivity index (χ2v) is 9.97. The highest BCUT2D eigenvalue weighted by atomic mass is 16.5. The highest BCUT2D eigenvalue weighted by molar-refractivity contribution is 5.94. The van der Waals surface area contributed by atoms with Gasteiger partial charge in [-0.05, 0) is 62.6 Å². The van der Waals surface area contributed by atoms with Crippen molar-refractivity contribution in [2.45, 2.75) is 67.7 Å². The zero-order valence-electron chi connectivity index (χ0n) is 20.5. The highest BCUT2D eigenvalue weighted by Crippen LogP contribution is 2.65. The normalized spacial score (nSPS) is 41.6. The van der Waals surface area contributed by atoms with Gasteiger partial charge in [0.05, 0.1) is 24.2 Å². The maximum atomic E-state index is 12.6. The van der Waals surface area contributed by atoms with Crippen molar-refractivity contribution in [1.29, 1.82) is 0 Å². The number of methoxy groups -OCH3 is 1. The number of carbonyl (C=O) groups excluding carboxylic acids is 2. The summed E-state index contributed by atoms with van der Waals surface area (Å²) in [5, 5.41) is 26.0. The molecule has 3 fully saturated rings. The van der Waals surface area contributed by atoms with E-state index in [-0.39, 0.29) is 17.5 Å². The molecular weight excluding hydrogens is 424 g/mol. The Balaban J connectivity index is 1.44. The number of phenolic OH excluding ortho intramolecular Hbond substituents is 1. The molecule has 7 atom stereocenters. The van der Waals surface area contributed by atoms with Crippen molar-refractivity contribution >= 4 is 11.9 Å². The summed E-state index contributed by atoms with van der Waals surface area (Å²) >= 11 is 0. The van der Waals surface area contributed by atoms with Gasteiger partial charge in [-0.1, -0.05) is 6.07 Å². The minimum absolute atomic E-state index is 0.0712. The molecule has 0 aromatic heterocycles. The van der Waals surface area contributed by atoms with Gasteiger partial charge in [-0.15, -0.1) is 0 Å². The second-order valence-electron chi connectivity index (χ2n) is 9.97. The van der Waals surface area contributed by atoms with Crippen molar-refractivity contribution in [3.8, 4) is 11.5 Å². The highest BCUT2D eigenvalue weighted by Gasteiger charge is 2.73. The number of ether oxygens (including phenoxy) is 2. The Bertz CT molecular complexity index is 1130. The predicted molar refractivity (Wildman–Crippen MR) is 118 cm³/mol. The van der Waals surface area contributed by atoms with Gasteiger partial charge in [0.1, 0.15) is 6.10 Å². The van der Waals surface area contributed by atoms with Crippen LogP contribution in [0.15, 0.2) is 24.3 Å². The van der Waals surface area contributed by atoms with E-state index in [4.69, 9.17) is 6.11 Å². The molecule has 2 saturated carbocycles. The number of amides is 1. The number of phenols is 1. The van der Waals surface area contributed by atoms with E-state index in [1.807, 2.05) is 11.0 Å². The molecule has 1 saturated heterocycles. The molecule has 6 rings (SSSR count). The second kappa shape index (κ2) is 7.21. The quantitative estimate of drug-likeness (QED) is 0.449. The molecule has 2 unspecified atom stereocenters. The summed E-state index contributed by atoms with van der Waals surface area (Å²) in [5.41, 5.74) is -1.08. The Morgan fingerprint density at radius 2 is 2.18 bits per heavy atom. The topological polar surface area (TPSA) is 108 Å². The van der Waals surface area contributed by atoms with Crippen LogP contribution in [0, 0.1) is 5.92 Å². The van der Waals surface area contributed by atoms with Crippen molar-refractivity contribution in [3.05, 3.63) is 35.4 Å². The van der Waals surface area contributed by atoms with Crippen LogP contribution in [0.2, 0.25) is 0 Å². The van der Waals surface area contributed by atoms with Gasteiger partial charge < -0.3 is 25.0 Å². The molecule has 1 spiro atoms. The van der Waals surface area contributed by atoms with Gasteiger partial charge in [0.15, 0.2) is 11.5 Å². The standard InChI is InChI=1S/C25H30N2O6/c1-32-20(30)7-6-19(29)26-16-8-9-25(31)18-12-15-4-5-17(28)22-21(15)24(25,23(16)33-22)10-11-27(18)13-14-2-3-14/h4-7,14,16,18,23,28,31H,2-3,8-13H2,1H3,(H,26,29)/b7-6+/t16-,18-,23+,24+,25-/m1/s1/i10T,11T/t10?,11?,16-,18-,23+,24+,25-. The van der Waals surface area contributed by atoms with Crippen LogP contribution in [0.3, 0.4) is 0 Å². The summed E-state index contributed by atoms with van der Waals surface area (Å²) in [5.74, 6) is -0.503. The fourth-order valence-electron chi connectivity index (χ4n) is 6.54. The van der Waals surface area contributed by atoms with E-state index in [2.05, 4.69) is 10.1 Å². The molecule has 3 aliphatic carbocycles. The minimum Gasteiger partial charge on any atom is -0.504 e. The number of benzene rings is 1. The molecule has 1 aromatic carbocycles. The lowest BCUT2D eigenvalue weighted by molar-refractivity contribution is -0.192. The van der Waals surface area contributed by atoms with Crippen molar-refractivity contribution in [1.82, 2.24) is 10.2 Å². The number of aliphatic hydroxyl groups is 1. The first-order valence-electron chi connectivity index (χ1n) is 12.8. The molecule has 2 aliphatic heterocycles. The number of rotatable bonds is 5. The van der Waals surface area contributed by atoms with Crippen LogP contribution in [0.1, 0.15) is 45.9 Å². The Labute approximate surface area is 195 Å².